The van der Waals surface area contributed by atoms with Gasteiger partial charge in [-0.25, -0.2) is 10.5 Å². The molecule has 0 fully saturated rings. The predicted molar refractivity (Wildman–Crippen MR) is 68.8 cm³/mol. The van der Waals surface area contributed by atoms with Gasteiger partial charge in [0.1, 0.15) is 12.4 Å². The number of amides is 1. The average Bonchev–Trinajstić information content (AvgIpc) is 2.86. The van der Waals surface area contributed by atoms with Crippen LogP contribution < -0.4 is 5.48 Å². The van der Waals surface area contributed by atoms with Crippen molar-refractivity contribution >= 4 is 5.91 Å². The summed E-state index contributed by atoms with van der Waals surface area (Å²) in [6, 6.07) is 6.91. The smallest absolute Gasteiger partial charge is 0.267 e. The van der Waals surface area contributed by atoms with Crippen LogP contribution in [0.15, 0.2) is 24.3 Å². The zero-order valence-corrected chi connectivity index (χ0v) is 10.3. The van der Waals surface area contributed by atoms with E-state index in [9.17, 15) is 4.79 Å². The summed E-state index contributed by atoms with van der Waals surface area (Å²) in [7, 11) is 0. The highest BCUT2D eigenvalue weighted by Gasteiger charge is 2.09. The fraction of sp³-hybridized carbons (Fsp3) is 0.154. The van der Waals surface area contributed by atoms with Gasteiger partial charge in [0.25, 0.3) is 5.91 Å². The monoisotopic (exact) mass is 256 g/mol. The molecule has 2 aromatic rings. The van der Waals surface area contributed by atoms with Crippen LogP contribution in [0.1, 0.15) is 16.2 Å². The Morgan fingerprint density at radius 3 is 3.11 bits per heavy atom. The molecule has 1 heterocycles. The molecule has 6 nitrogen and oxygen atoms in total. The molecule has 1 aromatic carbocycles. The van der Waals surface area contributed by atoms with E-state index in [4.69, 9.17) is 11.3 Å². The lowest BCUT2D eigenvalue weighted by atomic mass is 10.1. The van der Waals surface area contributed by atoms with Crippen LogP contribution in [0.5, 0.6) is 0 Å². The van der Waals surface area contributed by atoms with E-state index in [0.29, 0.717) is 17.2 Å². The fourth-order valence-corrected chi connectivity index (χ4v) is 1.47. The number of hydrogen-bond donors (Lipinski definition) is 2. The minimum atomic E-state index is -0.371. The second-order valence-electron chi connectivity index (χ2n) is 3.75. The first-order chi connectivity index (χ1) is 9.20. The summed E-state index contributed by atoms with van der Waals surface area (Å²) in [6.07, 6.45) is 5.01. The summed E-state index contributed by atoms with van der Waals surface area (Å²) in [6.45, 7) is 1.83. The van der Waals surface area contributed by atoms with E-state index in [1.807, 2.05) is 6.07 Å². The number of H-pyrrole nitrogens is 1. The Morgan fingerprint density at radius 2 is 2.42 bits per heavy atom. The Hall–Kier alpha value is -2.65. The molecule has 0 aliphatic carbocycles. The Morgan fingerprint density at radius 1 is 1.58 bits per heavy atom. The highest BCUT2D eigenvalue weighted by Crippen LogP contribution is 2.16. The van der Waals surface area contributed by atoms with Gasteiger partial charge >= 0.3 is 0 Å². The fourth-order valence-electron chi connectivity index (χ4n) is 1.47. The molecule has 0 radical (unpaired) electrons. The number of hydrogen-bond acceptors (Lipinski definition) is 4. The standard InChI is InChI=1S/C13H12N4O2/c1-3-7-19-17-13(18)11-6-4-5-10(8-11)12-14-9(2)15-16-12/h1,4-6,8H,7H2,2H3,(H,17,18)(H,14,15,16). The van der Waals surface area contributed by atoms with Crippen LogP contribution in [-0.4, -0.2) is 27.7 Å². The van der Waals surface area contributed by atoms with Gasteiger partial charge in [0.15, 0.2) is 5.82 Å². The Kier molecular flexibility index (Phi) is 3.90. The van der Waals surface area contributed by atoms with Crippen LogP contribution in [0.3, 0.4) is 0 Å². The third kappa shape index (κ3) is 3.18. The number of benzene rings is 1. The summed E-state index contributed by atoms with van der Waals surface area (Å²) < 4.78 is 0. The second-order valence-corrected chi connectivity index (χ2v) is 3.75. The van der Waals surface area contributed by atoms with E-state index < -0.39 is 0 Å². The van der Waals surface area contributed by atoms with Crippen molar-refractivity contribution in [1.29, 1.82) is 0 Å². The molecule has 0 bridgehead atoms. The largest absolute Gasteiger partial charge is 0.274 e. The molecule has 96 valence electrons. The van der Waals surface area contributed by atoms with Crippen molar-refractivity contribution < 1.29 is 9.63 Å². The van der Waals surface area contributed by atoms with Gasteiger partial charge in [-0.05, 0) is 19.1 Å². The lowest BCUT2D eigenvalue weighted by molar-refractivity contribution is 0.0438. The van der Waals surface area contributed by atoms with Crippen molar-refractivity contribution in [1.82, 2.24) is 20.7 Å². The van der Waals surface area contributed by atoms with Gasteiger partial charge in [0.2, 0.25) is 0 Å². The summed E-state index contributed by atoms with van der Waals surface area (Å²) in [4.78, 5) is 20.7. The predicted octanol–water partition coefficient (Wildman–Crippen LogP) is 1.07. The first-order valence-corrected chi connectivity index (χ1v) is 5.55. The minimum Gasteiger partial charge on any atom is -0.267 e. The van der Waals surface area contributed by atoms with Crippen molar-refractivity contribution in [2.45, 2.75) is 6.92 Å². The molecule has 1 amide bonds. The third-order valence-electron chi connectivity index (χ3n) is 2.30. The van der Waals surface area contributed by atoms with E-state index >= 15 is 0 Å². The molecule has 0 unspecified atom stereocenters. The van der Waals surface area contributed by atoms with Crippen LogP contribution in [0.25, 0.3) is 11.4 Å². The molecule has 1 aromatic heterocycles. The normalized spacial score (nSPS) is 9.89. The number of nitrogens with one attached hydrogen (secondary N) is 2. The van der Waals surface area contributed by atoms with Crippen LogP contribution in [0.2, 0.25) is 0 Å². The van der Waals surface area contributed by atoms with E-state index in [1.54, 1.807) is 25.1 Å². The maximum Gasteiger partial charge on any atom is 0.274 e. The van der Waals surface area contributed by atoms with E-state index in [1.165, 1.54) is 0 Å². The maximum absolute atomic E-state index is 11.8. The first kappa shape index (κ1) is 12.8. The van der Waals surface area contributed by atoms with Gasteiger partial charge < -0.3 is 0 Å². The quantitative estimate of drug-likeness (QED) is 0.487. The van der Waals surface area contributed by atoms with Gasteiger partial charge in [0.05, 0.1) is 0 Å². The number of aromatic amines is 1. The SMILES string of the molecule is C#CCONC(=O)c1cccc(-c2n[nH]c(C)n2)c1. The van der Waals surface area contributed by atoms with Gasteiger partial charge in [0, 0.05) is 11.1 Å². The molecule has 0 aliphatic rings. The Labute approximate surface area is 110 Å². The van der Waals surface area contributed by atoms with Crippen molar-refractivity contribution in [3.8, 4) is 23.7 Å². The number of hydroxylamine groups is 1. The van der Waals surface area contributed by atoms with Crippen molar-refractivity contribution in [3.63, 3.8) is 0 Å². The zero-order valence-electron chi connectivity index (χ0n) is 10.3. The summed E-state index contributed by atoms with van der Waals surface area (Å²) in [5.74, 6) is 3.13. The van der Waals surface area contributed by atoms with Crippen molar-refractivity contribution in [3.05, 3.63) is 35.7 Å². The minimum absolute atomic E-state index is 0.0194. The number of nitrogens with zero attached hydrogens (tertiary/aromatic N) is 2. The van der Waals surface area contributed by atoms with E-state index in [2.05, 4.69) is 26.6 Å². The van der Waals surface area contributed by atoms with Gasteiger partial charge in [-0.2, -0.15) is 5.10 Å². The molecule has 0 atom stereocenters. The summed E-state index contributed by atoms with van der Waals surface area (Å²) in [5, 5.41) is 6.79. The number of carbonyl (C=O) groups excluding carboxylic acids is 1. The number of aryl methyl sites for hydroxylation is 1. The maximum atomic E-state index is 11.8. The second kappa shape index (κ2) is 5.80. The lowest BCUT2D eigenvalue weighted by Gasteiger charge is -2.04. The molecule has 2 rings (SSSR count). The Bertz CT molecular complexity index is 628. The van der Waals surface area contributed by atoms with Crippen molar-refractivity contribution in [2.75, 3.05) is 6.61 Å². The summed E-state index contributed by atoms with van der Waals surface area (Å²) in [5.41, 5.74) is 3.44. The molecule has 0 aliphatic heterocycles. The van der Waals surface area contributed by atoms with Gasteiger partial charge in [-0.1, -0.05) is 18.1 Å². The summed E-state index contributed by atoms with van der Waals surface area (Å²) >= 11 is 0. The van der Waals surface area contributed by atoms with Crippen LogP contribution in [0, 0.1) is 19.3 Å². The van der Waals surface area contributed by atoms with Gasteiger partial charge in [-0.3, -0.25) is 14.7 Å². The molecule has 0 saturated heterocycles. The molecule has 2 N–H and O–H groups in total. The molecule has 0 saturated carbocycles. The van der Waals surface area contributed by atoms with Crippen LogP contribution in [0.4, 0.5) is 0 Å². The van der Waals surface area contributed by atoms with E-state index in [0.717, 1.165) is 5.56 Å². The average molecular weight is 256 g/mol. The molecule has 0 spiro atoms. The molecular weight excluding hydrogens is 244 g/mol. The van der Waals surface area contributed by atoms with Crippen molar-refractivity contribution in [2.24, 2.45) is 0 Å². The highest BCUT2D eigenvalue weighted by atomic mass is 16.6. The lowest BCUT2D eigenvalue weighted by Crippen LogP contribution is -2.23. The topological polar surface area (TPSA) is 79.9 Å². The molecule has 6 heteroatoms. The molecule has 19 heavy (non-hydrogen) atoms. The van der Waals surface area contributed by atoms with Gasteiger partial charge in [-0.15, -0.1) is 6.42 Å². The number of aromatic nitrogens is 3. The first-order valence-electron chi connectivity index (χ1n) is 5.55. The number of terminal acetylenes is 1. The third-order valence-corrected chi connectivity index (χ3v) is 2.30. The van der Waals surface area contributed by atoms with Crippen LogP contribution in [-0.2, 0) is 4.84 Å². The number of rotatable bonds is 4. The molecular formula is C13H12N4O2. The zero-order chi connectivity index (χ0) is 13.7. The highest BCUT2D eigenvalue weighted by molar-refractivity contribution is 5.94. The van der Waals surface area contributed by atoms with E-state index in [-0.39, 0.29) is 12.5 Å². The Balaban J connectivity index is 2.15. The van der Waals surface area contributed by atoms with Crippen LogP contribution >= 0.6 is 0 Å². The number of carbonyl (C=O) groups is 1.